The van der Waals surface area contributed by atoms with E-state index in [1.165, 1.54) is 6.07 Å². The number of rotatable bonds is 6. The molecule has 3 rings (SSSR count). The SMILES string of the molecule is O=C(CCc1ccccc1F)NCc1nc(-c2cccc(Br)c2)no1. The van der Waals surface area contributed by atoms with Crippen LogP contribution in [-0.4, -0.2) is 16.0 Å². The summed E-state index contributed by atoms with van der Waals surface area (Å²) in [4.78, 5) is 16.1. The molecular weight excluding hydrogens is 389 g/mol. The fourth-order valence-electron chi connectivity index (χ4n) is 2.28. The van der Waals surface area contributed by atoms with Gasteiger partial charge in [-0.25, -0.2) is 4.39 Å². The van der Waals surface area contributed by atoms with E-state index in [4.69, 9.17) is 4.52 Å². The molecule has 0 unspecified atom stereocenters. The Morgan fingerprint density at radius 2 is 2.04 bits per heavy atom. The third-order valence-electron chi connectivity index (χ3n) is 3.57. The van der Waals surface area contributed by atoms with E-state index in [1.807, 2.05) is 24.3 Å². The minimum atomic E-state index is -0.300. The molecule has 5 nitrogen and oxygen atoms in total. The van der Waals surface area contributed by atoms with Crippen LogP contribution in [0, 0.1) is 5.82 Å². The molecule has 0 atom stereocenters. The Labute approximate surface area is 152 Å². The molecule has 0 aliphatic rings. The van der Waals surface area contributed by atoms with Gasteiger partial charge in [0.05, 0.1) is 6.54 Å². The van der Waals surface area contributed by atoms with Crippen molar-refractivity contribution in [2.45, 2.75) is 19.4 Å². The fourth-order valence-corrected chi connectivity index (χ4v) is 2.68. The predicted octanol–water partition coefficient (Wildman–Crippen LogP) is 3.89. The lowest BCUT2D eigenvalue weighted by Crippen LogP contribution is -2.23. The van der Waals surface area contributed by atoms with E-state index in [0.29, 0.717) is 23.7 Å². The molecule has 1 aromatic heterocycles. The maximum atomic E-state index is 13.5. The Morgan fingerprint density at radius 1 is 1.20 bits per heavy atom. The van der Waals surface area contributed by atoms with Gasteiger partial charge in [-0.05, 0) is 30.2 Å². The molecule has 0 saturated carbocycles. The van der Waals surface area contributed by atoms with Gasteiger partial charge in [0.1, 0.15) is 5.82 Å². The molecular formula is C18H15BrFN3O2. The predicted molar refractivity (Wildman–Crippen MR) is 94.0 cm³/mol. The first kappa shape index (κ1) is 17.3. The number of carbonyl (C=O) groups is 1. The van der Waals surface area contributed by atoms with Crippen molar-refractivity contribution in [3.63, 3.8) is 0 Å². The highest BCUT2D eigenvalue weighted by Crippen LogP contribution is 2.20. The normalized spacial score (nSPS) is 10.6. The number of benzene rings is 2. The summed E-state index contributed by atoms with van der Waals surface area (Å²) in [7, 11) is 0. The summed E-state index contributed by atoms with van der Waals surface area (Å²) in [6, 6.07) is 13.9. The summed E-state index contributed by atoms with van der Waals surface area (Å²) >= 11 is 3.39. The zero-order valence-electron chi connectivity index (χ0n) is 13.2. The van der Waals surface area contributed by atoms with Crippen molar-refractivity contribution >= 4 is 21.8 Å². The number of amides is 1. The molecule has 0 saturated heterocycles. The molecule has 1 N–H and O–H groups in total. The largest absolute Gasteiger partial charge is 0.347 e. The van der Waals surface area contributed by atoms with Crippen molar-refractivity contribution in [1.29, 1.82) is 0 Å². The Hall–Kier alpha value is -2.54. The maximum Gasteiger partial charge on any atom is 0.246 e. The summed E-state index contributed by atoms with van der Waals surface area (Å²) in [6.45, 7) is 0.136. The Morgan fingerprint density at radius 3 is 2.84 bits per heavy atom. The lowest BCUT2D eigenvalue weighted by molar-refractivity contribution is -0.121. The van der Waals surface area contributed by atoms with Crippen molar-refractivity contribution < 1.29 is 13.7 Å². The van der Waals surface area contributed by atoms with Crippen LogP contribution >= 0.6 is 15.9 Å². The molecule has 0 aliphatic heterocycles. The van der Waals surface area contributed by atoms with Crippen LogP contribution in [0.1, 0.15) is 17.9 Å². The fraction of sp³-hybridized carbons (Fsp3) is 0.167. The lowest BCUT2D eigenvalue weighted by atomic mass is 10.1. The van der Waals surface area contributed by atoms with Crippen LogP contribution in [0.25, 0.3) is 11.4 Å². The van der Waals surface area contributed by atoms with Crippen LogP contribution in [0.4, 0.5) is 4.39 Å². The van der Waals surface area contributed by atoms with Crippen molar-refractivity contribution in [1.82, 2.24) is 15.5 Å². The van der Waals surface area contributed by atoms with E-state index in [-0.39, 0.29) is 24.7 Å². The van der Waals surface area contributed by atoms with E-state index < -0.39 is 0 Å². The first-order chi connectivity index (χ1) is 12.1. The molecule has 128 valence electrons. The summed E-state index contributed by atoms with van der Waals surface area (Å²) in [5.41, 5.74) is 1.34. The molecule has 0 bridgehead atoms. The second-order valence-corrected chi connectivity index (χ2v) is 6.31. The highest BCUT2D eigenvalue weighted by atomic mass is 79.9. The summed E-state index contributed by atoms with van der Waals surface area (Å²) in [5, 5.41) is 6.60. The number of nitrogens with one attached hydrogen (secondary N) is 1. The van der Waals surface area contributed by atoms with Gasteiger partial charge in [0.2, 0.25) is 17.6 Å². The molecule has 2 aromatic carbocycles. The van der Waals surface area contributed by atoms with Crippen LogP contribution in [-0.2, 0) is 17.8 Å². The first-order valence-corrected chi connectivity index (χ1v) is 8.50. The summed E-state index contributed by atoms with van der Waals surface area (Å²) in [5.74, 6) is 0.266. The average molecular weight is 404 g/mol. The number of hydrogen-bond acceptors (Lipinski definition) is 4. The van der Waals surface area contributed by atoms with Gasteiger partial charge < -0.3 is 9.84 Å². The van der Waals surface area contributed by atoms with E-state index in [9.17, 15) is 9.18 Å². The Bertz CT molecular complexity index is 882. The zero-order valence-corrected chi connectivity index (χ0v) is 14.8. The summed E-state index contributed by atoms with van der Waals surface area (Å²) < 4.78 is 19.6. The van der Waals surface area contributed by atoms with Crippen LogP contribution < -0.4 is 5.32 Å². The number of aryl methyl sites for hydroxylation is 1. The van der Waals surface area contributed by atoms with Gasteiger partial charge in [-0.3, -0.25) is 4.79 Å². The minimum Gasteiger partial charge on any atom is -0.347 e. The molecule has 1 heterocycles. The third-order valence-corrected chi connectivity index (χ3v) is 4.06. The Balaban J connectivity index is 1.52. The van der Waals surface area contributed by atoms with Crippen molar-refractivity contribution in [2.24, 2.45) is 0 Å². The maximum absolute atomic E-state index is 13.5. The van der Waals surface area contributed by atoms with Crippen LogP contribution in [0.2, 0.25) is 0 Å². The second kappa shape index (κ2) is 8.02. The van der Waals surface area contributed by atoms with Gasteiger partial charge in [0.25, 0.3) is 0 Å². The van der Waals surface area contributed by atoms with Crippen molar-refractivity contribution in [2.75, 3.05) is 0 Å². The van der Waals surface area contributed by atoms with Gasteiger partial charge in [0, 0.05) is 16.5 Å². The third kappa shape index (κ3) is 4.73. The van der Waals surface area contributed by atoms with Gasteiger partial charge in [-0.15, -0.1) is 0 Å². The smallest absolute Gasteiger partial charge is 0.246 e. The van der Waals surface area contributed by atoms with Crippen LogP contribution in [0.15, 0.2) is 57.5 Å². The molecule has 3 aromatic rings. The van der Waals surface area contributed by atoms with Crippen LogP contribution in [0.3, 0.4) is 0 Å². The monoisotopic (exact) mass is 403 g/mol. The molecule has 0 radical (unpaired) electrons. The van der Waals surface area contributed by atoms with Gasteiger partial charge >= 0.3 is 0 Å². The van der Waals surface area contributed by atoms with Crippen molar-refractivity contribution in [3.8, 4) is 11.4 Å². The molecule has 0 fully saturated rings. The molecule has 0 spiro atoms. The lowest BCUT2D eigenvalue weighted by Gasteiger charge is -2.03. The number of hydrogen-bond donors (Lipinski definition) is 1. The highest BCUT2D eigenvalue weighted by molar-refractivity contribution is 9.10. The molecule has 25 heavy (non-hydrogen) atoms. The number of halogens is 2. The zero-order chi connectivity index (χ0) is 17.6. The van der Waals surface area contributed by atoms with Crippen molar-refractivity contribution in [3.05, 3.63) is 70.3 Å². The van der Waals surface area contributed by atoms with E-state index in [2.05, 4.69) is 31.4 Å². The number of nitrogens with zero attached hydrogens (tertiary/aromatic N) is 2. The standard InChI is InChI=1S/C18H15BrFN3O2/c19-14-6-3-5-13(10-14)18-22-17(25-23-18)11-21-16(24)9-8-12-4-1-2-7-15(12)20/h1-7,10H,8-9,11H2,(H,21,24). The minimum absolute atomic E-state index is 0.136. The van der Waals surface area contributed by atoms with Gasteiger partial charge in [0.15, 0.2) is 0 Å². The molecule has 0 aliphatic carbocycles. The van der Waals surface area contributed by atoms with Gasteiger partial charge in [-0.1, -0.05) is 51.4 Å². The summed E-state index contributed by atoms with van der Waals surface area (Å²) in [6.07, 6.45) is 0.527. The van der Waals surface area contributed by atoms with E-state index >= 15 is 0 Å². The average Bonchev–Trinajstić information content (AvgIpc) is 3.08. The highest BCUT2D eigenvalue weighted by Gasteiger charge is 2.11. The quantitative estimate of drug-likeness (QED) is 0.677. The van der Waals surface area contributed by atoms with E-state index in [1.54, 1.807) is 18.2 Å². The Kier molecular flexibility index (Phi) is 5.55. The van der Waals surface area contributed by atoms with E-state index in [0.717, 1.165) is 10.0 Å². The first-order valence-electron chi connectivity index (χ1n) is 7.70. The van der Waals surface area contributed by atoms with Gasteiger partial charge in [-0.2, -0.15) is 4.98 Å². The molecule has 7 heteroatoms. The number of aromatic nitrogens is 2. The van der Waals surface area contributed by atoms with Crippen LogP contribution in [0.5, 0.6) is 0 Å². The topological polar surface area (TPSA) is 68.0 Å². The molecule has 1 amide bonds. The second-order valence-electron chi connectivity index (χ2n) is 5.39. The number of carbonyl (C=O) groups excluding carboxylic acids is 1.